The molecule has 0 aromatic heterocycles. The molecular formula is C12H19ClN2O2S2. The Labute approximate surface area is 124 Å². The van der Waals surface area contributed by atoms with Gasteiger partial charge in [0.2, 0.25) is 10.0 Å². The Balaban J connectivity index is 3.04. The maximum Gasteiger partial charge on any atom is 0.242 e. The van der Waals surface area contributed by atoms with Gasteiger partial charge in [-0.15, -0.1) is 0 Å². The Morgan fingerprint density at radius 2 is 2.11 bits per heavy atom. The van der Waals surface area contributed by atoms with E-state index in [2.05, 4.69) is 5.32 Å². The topological polar surface area (TPSA) is 49.4 Å². The summed E-state index contributed by atoms with van der Waals surface area (Å²) >= 11 is 7.65. The normalized spacial score (nSPS) is 12.1. The summed E-state index contributed by atoms with van der Waals surface area (Å²) < 4.78 is 26.1. The molecule has 0 saturated heterocycles. The number of nitrogens with zero attached hydrogens (tertiary/aromatic N) is 1. The molecule has 0 heterocycles. The van der Waals surface area contributed by atoms with Crippen molar-refractivity contribution in [1.29, 1.82) is 0 Å². The molecule has 0 aliphatic carbocycles. The first-order valence-corrected chi connectivity index (χ1v) is 9.03. The summed E-state index contributed by atoms with van der Waals surface area (Å²) in [5, 5.41) is 3.54. The van der Waals surface area contributed by atoms with Crippen LogP contribution >= 0.6 is 23.4 Å². The molecule has 0 spiro atoms. The van der Waals surface area contributed by atoms with Crippen molar-refractivity contribution in [2.45, 2.75) is 11.4 Å². The SMILES string of the molecule is CNCc1cc(S(=O)(=O)N(C)CCSC)ccc1Cl. The molecule has 19 heavy (non-hydrogen) atoms. The molecule has 1 rings (SSSR count). The largest absolute Gasteiger partial charge is 0.316 e. The maximum absolute atomic E-state index is 12.4. The van der Waals surface area contributed by atoms with Gasteiger partial charge in [0.15, 0.2) is 0 Å². The Kier molecular flexibility index (Phi) is 6.62. The first-order valence-electron chi connectivity index (χ1n) is 5.81. The van der Waals surface area contributed by atoms with E-state index >= 15 is 0 Å². The van der Waals surface area contributed by atoms with E-state index in [1.165, 1.54) is 4.31 Å². The van der Waals surface area contributed by atoms with Crippen LogP contribution in [0.5, 0.6) is 0 Å². The molecule has 1 aromatic rings. The fourth-order valence-electron chi connectivity index (χ4n) is 1.56. The fourth-order valence-corrected chi connectivity index (χ4v) is 3.54. The van der Waals surface area contributed by atoms with Crippen LogP contribution in [-0.4, -0.2) is 45.4 Å². The summed E-state index contributed by atoms with van der Waals surface area (Å²) in [4.78, 5) is 0.283. The van der Waals surface area contributed by atoms with Crippen LogP contribution in [0.25, 0.3) is 0 Å². The number of thioether (sulfide) groups is 1. The van der Waals surface area contributed by atoms with Gasteiger partial charge in [-0.3, -0.25) is 0 Å². The van der Waals surface area contributed by atoms with E-state index in [1.54, 1.807) is 44.1 Å². The summed E-state index contributed by atoms with van der Waals surface area (Å²) in [7, 11) is -0.0463. The van der Waals surface area contributed by atoms with Crippen molar-refractivity contribution >= 4 is 33.4 Å². The molecule has 108 valence electrons. The molecule has 0 unspecified atom stereocenters. The Bertz CT molecular complexity index is 520. The number of halogens is 1. The second-order valence-corrected chi connectivity index (χ2v) is 7.54. The molecule has 1 N–H and O–H groups in total. The van der Waals surface area contributed by atoms with Crippen LogP contribution in [0.4, 0.5) is 0 Å². The molecular weight excluding hydrogens is 304 g/mol. The van der Waals surface area contributed by atoms with Gasteiger partial charge in [-0.2, -0.15) is 11.8 Å². The van der Waals surface area contributed by atoms with Gasteiger partial charge in [0.25, 0.3) is 0 Å². The number of sulfonamides is 1. The van der Waals surface area contributed by atoms with Gasteiger partial charge < -0.3 is 5.32 Å². The van der Waals surface area contributed by atoms with Gasteiger partial charge in [-0.05, 0) is 37.1 Å². The standard InChI is InChI=1S/C12H19ClN2O2S2/c1-14-9-10-8-11(4-5-12(10)13)19(16,17)15(2)6-7-18-3/h4-5,8,14H,6-7,9H2,1-3H3. The van der Waals surface area contributed by atoms with Crippen molar-refractivity contribution in [1.82, 2.24) is 9.62 Å². The first kappa shape index (κ1) is 16.8. The lowest BCUT2D eigenvalue weighted by atomic mass is 10.2. The molecule has 7 heteroatoms. The summed E-state index contributed by atoms with van der Waals surface area (Å²) in [6.45, 7) is 1.03. The van der Waals surface area contributed by atoms with Gasteiger partial charge in [0, 0.05) is 30.9 Å². The van der Waals surface area contributed by atoms with Crippen molar-refractivity contribution in [2.24, 2.45) is 0 Å². The summed E-state index contributed by atoms with van der Waals surface area (Å²) in [5.41, 5.74) is 0.781. The molecule has 0 aliphatic rings. The van der Waals surface area contributed by atoms with Gasteiger partial charge in [0.05, 0.1) is 4.90 Å². The monoisotopic (exact) mass is 322 g/mol. The van der Waals surface area contributed by atoms with E-state index in [9.17, 15) is 8.42 Å². The minimum Gasteiger partial charge on any atom is -0.316 e. The average Bonchev–Trinajstić information content (AvgIpc) is 2.38. The van der Waals surface area contributed by atoms with Gasteiger partial charge >= 0.3 is 0 Å². The molecule has 0 atom stereocenters. The van der Waals surface area contributed by atoms with Crippen molar-refractivity contribution in [2.75, 3.05) is 32.6 Å². The summed E-state index contributed by atoms with van der Waals surface area (Å²) in [6, 6.07) is 4.81. The highest BCUT2D eigenvalue weighted by Crippen LogP contribution is 2.22. The van der Waals surface area contributed by atoms with Crippen LogP contribution in [0.2, 0.25) is 5.02 Å². The van der Waals surface area contributed by atoms with Crippen molar-refractivity contribution in [3.63, 3.8) is 0 Å². The van der Waals surface area contributed by atoms with Crippen molar-refractivity contribution < 1.29 is 8.42 Å². The highest BCUT2D eigenvalue weighted by atomic mass is 35.5. The Hall–Kier alpha value is -0.270. The zero-order valence-corrected chi connectivity index (χ0v) is 13.7. The predicted octanol–water partition coefficient (Wildman–Crippen LogP) is 2.04. The summed E-state index contributed by atoms with van der Waals surface area (Å²) in [5.74, 6) is 0.771. The van der Waals surface area contributed by atoms with Crippen molar-refractivity contribution in [3.8, 4) is 0 Å². The third kappa shape index (κ3) is 4.36. The van der Waals surface area contributed by atoms with E-state index in [1.807, 2.05) is 6.26 Å². The lowest BCUT2D eigenvalue weighted by Gasteiger charge is -2.17. The Morgan fingerprint density at radius 3 is 2.68 bits per heavy atom. The van der Waals surface area contributed by atoms with E-state index < -0.39 is 10.0 Å². The molecule has 0 fully saturated rings. The molecule has 0 bridgehead atoms. The van der Waals surface area contributed by atoms with Crippen LogP contribution < -0.4 is 5.32 Å². The van der Waals surface area contributed by atoms with Gasteiger partial charge in [-0.1, -0.05) is 11.6 Å². The third-order valence-electron chi connectivity index (χ3n) is 2.70. The van der Waals surface area contributed by atoms with Crippen LogP contribution in [0.3, 0.4) is 0 Å². The van der Waals surface area contributed by atoms with Gasteiger partial charge in [0.1, 0.15) is 0 Å². The molecule has 0 radical (unpaired) electrons. The highest BCUT2D eigenvalue weighted by molar-refractivity contribution is 7.98. The number of rotatable bonds is 7. The molecule has 0 saturated carbocycles. The quantitative estimate of drug-likeness (QED) is 0.834. The zero-order chi connectivity index (χ0) is 14.5. The molecule has 1 aromatic carbocycles. The first-order chi connectivity index (χ1) is 8.93. The maximum atomic E-state index is 12.4. The van der Waals surface area contributed by atoms with Crippen molar-refractivity contribution in [3.05, 3.63) is 28.8 Å². The number of benzene rings is 1. The van der Waals surface area contributed by atoms with Crippen LogP contribution in [0, 0.1) is 0 Å². The lowest BCUT2D eigenvalue weighted by molar-refractivity contribution is 0.488. The minimum absolute atomic E-state index is 0.283. The van der Waals surface area contributed by atoms with E-state index in [0.717, 1.165) is 11.3 Å². The molecule has 0 amide bonds. The molecule has 4 nitrogen and oxygen atoms in total. The number of hydrogen-bond donors (Lipinski definition) is 1. The third-order valence-corrected chi connectivity index (χ3v) is 5.52. The zero-order valence-electron chi connectivity index (χ0n) is 11.3. The van der Waals surface area contributed by atoms with Crippen LogP contribution in [-0.2, 0) is 16.6 Å². The molecule has 0 aliphatic heterocycles. The second-order valence-electron chi connectivity index (χ2n) is 4.10. The number of hydrogen-bond acceptors (Lipinski definition) is 4. The fraction of sp³-hybridized carbons (Fsp3) is 0.500. The van der Waals surface area contributed by atoms with Crippen LogP contribution in [0.1, 0.15) is 5.56 Å². The van der Waals surface area contributed by atoms with E-state index in [0.29, 0.717) is 18.1 Å². The highest BCUT2D eigenvalue weighted by Gasteiger charge is 2.21. The van der Waals surface area contributed by atoms with Crippen LogP contribution in [0.15, 0.2) is 23.1 Å². The lowest BCUT2D eigenvalue weighted by Crippen LogP contribution is -2.29. The van der Waals surface area contributed by atoms with Gasteiger partial charge in [-0.25, -0.2) is 12.7 Å². The average molecular weight is 323 g/mol. The number of nitrogens with one attached hydrogen (secondary N) is 1. The summed E-state index contributed by atoms with van der Waals surface area (Å²) in [6.07, 6.45) is 1.95. The predicted molar refractivity (Wildman–Crippen MR) is 82.4 cm³/mol. The Morgan fingerprint density at radius 1 is 1.42 bits per heavy atom. The minimum atomic E-state index is -3.44. The van der Waals surface area contributed by atoms with E-state index in [4.69, 9.17) is 11.6 Å². The smallest absolute Gasteiger partial charge is 0.242 e. The second kappa shape index (κ2) is 7.50. The van der Waals surface area contributed by atoms with E-state index in [-0.39, 0.29) is 4.90 Å².